The van der Waals surface area contributed by atoms with Crippen LogP contribution in [-0.4, -0.2) is 18.5 Å². The first-order chi connectivity index (χ1) is 8.29. The van der Waals surface area contributed by atoms with Gasteiger partial charge in [0.15, 0.2) is 0 Å². The van der Waals surface area contributed by atoms with E-state index in [0.717, 1.165) is 30.6 Å². The lowest BCUT2D eigenvalue weighted by Gasteiger charge is -2.11. The van der Waals surface area contributed by atoms with Crippen LogP contribution in [0.15, 0.2) is 24.3 Å². The van der Waals surface area contributed by atoms with Gasteiger partial charge in [-0.05, 0) is 37.1 Å². The highest BCUT2D eigenvalue weighted by Crippen LogP contribution is 2.12. The fourth-order valence-corrected chi connectivity index (χ4v) is 1.93. The Morgan fingerprint density at radius 1 is 1.47 bits per heavy atom. The van der Waals surface area contributed by atoms with Crippen LogP contribution in [0.2, 0.25) is 0 Å². The molecule has 0 radical (unpaired) electrons. The predicted octanol–water partition coefficient (Wildman–Crippen LogP) is 1.44. The van der Waals surface area contributed by atoms with E-state index in [1.807, 2.05) is 24.3 Å². The number of rotatable bonds is 3. The van der Waals surface area contributed by atoms with Crippen LogP contribution in [-0.2, 0) is 11.2 Å². The van der Waals surface area contributed by atoms with Crippen molar-refractivity contribution >= 4 is 11.6 Å². The summed E-state index contributed by atoms with van der Waals surface area (Å²) in [4.78, 5) is 11.8. The molecule has 0 saturated carbocycles. The molecule has 4 heteroatoms. The van der Waals surface area contributed by atoms with Gasteiger partial charge in [0.05, 0.1) is 18.5 Å². The minimum absolute atomic E-state index is 0.0236. The number of hydrogen-bond acceptors (Lipinski definition) is 3. The molecule has 1 aromatic carbocycles. The van der Waals surface area contributed by atoms with Crippen molar-refractivity contribution in [1.29, 1.82) is 5.26 Å². The fourth-order valence-electron chi connectivity index (χ4n) is 1.93. The summed E-state index contributed by atoms with van der Waals surface area (Å²) in [5.41, 5.74) is 1.75. The van der Waals surface area contributed by atoms with Gasteiger partial charge in [0.1, 0.15) is 0 Å². The summed E-state index contributed by atoms with van der Waals surface area (Å²) in [7, 11) is 0. The third kappa shape index (κ3) is 3.05. The SMILES string of the molecule is N#CCc1ccc(NC(=O)[C@@H]2CCCN2)cc1. The molecule has 2 rings (SSSR count). The summed E-state index contributed by atoms with van der Waals surface area (Å²) in [5.74, 6) is 0.0236. The van der Waals surface area contributed by atoms with Gasteiger partial charge in [0, 0.05) is 5.69 Å². The zero-order chi connectivity index (χ0) is 12.1. The lowest BCUT2D eigenvalue weighted by atomic mass is 10.1. The number of carbonyl (C=O) groups is 1. The van der Waals surface area contributed by atoms with Gasteiger partial charge in [-0.3, -0.25) is 4.79 Å². The van der Waals surface area contributed by atoms with Crippen molar-refractivity contribution < 1.29 is 4.79 Å². The van der Waals surface area contributed by atoms with E-state index in [9.17, 15) is 4.79 Å². The molecule has 2 N–H and O–H groups in total. The van der Waals surface area contributed by atoms with Gasteiger partial charge in [-0.15, -0.1) is 0 Å². The van der Waals surface area contributed by atoms with Gasteiger partial charge in [0.25, 0.3) is 0 Å². The zero-order valence-corrected chi connectivity index (χ0v) is 9.57. The number of nitrogens with zero attached hydrogens (tertiary/aromatic N) is 1. The topological polar surface area (TPSA) is 64.9 Å². The smallest absolute Gasteiger partial charge is 0.241 e. The summed E-state index contributed by atoms with van der Waals surface area (Å²) in [6, 6.07) is 9.42. The van der Waals surface area contributed by atoms with E-state index in [4.69, 9.17) is 5.26 Å². The van der Waals surface area contributed by atoms with E-state index < -0.39 is 0 Å². The average Bonchev–Trinajstić information content (AvgIpc) is 2.86. The minimum Gasteiger partial charge on any atom is -0.325 e. The maximum absolute atomic E-state index is 11.8. The predicted molar refractivity (Wildman–Crippen MR) is 65.4 cm³/mol. The number of benzene rings is 1. The van der Waals surface area contributed by atoms with Crippen molar-refractivity contribution in [2.75, 3.05) is 11.9 Å². The Bertz CT molecular complexity index is 427. The number of anilines is 1. The van der Waals surface area contributed by atoms with Crippen molar-refractivity contribution in [3.63, 3.8) is 0 Å². The molecule has 17 heavy (non-hydrogen) atoms. The van der Waals surface area contributed by atoms with Gasteiger partial charge in [-0.2, -0.15) is 5.26 Å². The zero-order valence-electron chi connectivity index (χ0n) is 9.57. The first-order valence-electron chi connectivity index (χ1n) is 5.80. The van der Waals surface area contributed by atoms with Crippen LogP contribution in [0.3, 0.4) is 0 Å². The standard InChI is InChI=1S/C13H15N3O/c14-8-7-10-3-5-11(6-4-10)16-13(17)12-2-1-9-15-12/h3-6,12,15H,1-2,7,9H2,(H,16,17)/t12-/m0/s1. The molecule has 1 amide bonds. The summed E-state index contributed by atoms with van der Waals surface area (Å²) in [6.07, 6.45) is 2.36. The van der Waals surface area contributed by atoms with Crippen molar-refractivity contribution in [1.82, 2.24) is 5.32 Å². The fraction of sp³-hybridized carbons (Fsp3) is 0.385. The summed E-state index contributed by atoms with van der Waals surface area (Å²) >= 11 is 0. The van der Waals surface area contributed by atoms with E-state index in [1.54, 1.807) is 0 Å². The Morgan fingerprint density at radius 3 is 2.82 bits per heavy atom. The molecule has 1 heterocycles. The quantitative estimate of drug-likeness (QED) is 0.824. The van der Waals surface area contributed by atoms with Crippen LogP contribution in [0.25, 0.3) is 0 Å². The molecule has 4 nitrogen and oxygen atoms in total. The Kier molecular flexibility index (Phi) is 3.73. The third-order valence-electron chi connectivity index (χ3n) is 2.88. The number of amides is 1. The molecule has 1 aliphatic heterocycles. The largest absolute Gasteiger partial charge is 0.325 e. The molecule has 0 bridgehead atoms. The molecule has 1 saturated heterocycles. The number of carbonyl (C=O) groups excluding carboxylic acids is 1. The normalized spacial score (nSPS) is 18.6. The van der Waals surface area contributed by atoms with Crippen molar-refractivity contribution in [3.8, 4) is 6.07 Å². The highest BCUT2D eigenvalue weighted by atomic mass is 16.2. The molecule has 88 valence electrons. The van der Waals surface area contributed by atoms with E-state index in [-0.39, 0.29) is 11.9 Å². The molecule has 0 unspecified atom stereocenters. The Labute approximate surface area is 101 Å². The molecule has 1 atom stereocenters. The maximum Gasteiger partial charge on any atom is 0.241 e. The number of hydrogen-bond donors (Lipinski definition) is 2. The summed E-state index contributed by atoms with van der Waals surface area (Å²) < 4.78 is 0. The molecule has 0 aliphatic carbocycles. The molecular formula is C13H15N3O. The van der Waals surface area contributed by atoms with Crippen LogP contribution in [0.4, 0.5) is 5.69 Å². The van der Waals surface area contributed by atoms with Gasteiger partial charge < -0.3 is 10.6 Å². The Morgan fingerprint density at radius 2 is 2.24 bits per heavy atom. The van der Waals surface area contributed by atoms with Gasteiger partial charge in [0.2, 0.25) is 5.91 Å². The second-order valence-electron chi connectivity index (χ2n) is 4.17. The maximum atomic E-state index is 11.8. The molecular weight excluding hydrogens is 214 g/mol. The van der Waals surface area contributed by atoms with Crippen molar-refractivity contribution in [3.05, 3.63) is 29.8 Å². The molecule has 1 aromatic rings. The first-order valence-corrected chi connectivity index (χ1v) is 5.80. The number of nitrogens with one attached hydrogen (secondary N) is 2. The monoisotopic (exact) mass is 229 g/mol. The van der Waals surface area contributed by atoms with Gasteiger partial charge in [-0.25, -0.2) is 0 Å². The molecule has 0 spiro atoms. The van der Waals surface area contributed by atoms with Crippen LogP contribution in [0.1, 0.15) is 18.4 Å². The van der Waals surface area contributed by atoms with Crippen LogP contribution >= 0.6 is 0 Å². The lowest BCUT2D eigenvalue weighted by molar-refractivity contribution is -0.117. The van der Waals surface area contributed by atoms with Crippen LogP contribution in [0, 0.1) is 11.3 Å². The van der Waals surface area contributed by atoms with Gasteiger partial charge in [-0.1, -0.05) is 12.1 Å². The van der Waals surface area contributed by atoms with Crippen molar-refractivity contribution in [2.45, 2.75) is 25.3 Å². The second kappa shape index (κ2) is 5.46. The van der Waals surface area contributed by atoms with E-state index in [0.29, 0.717) is 6.42 Å². The first kappa shape index (κ1) is 11.6. The molecule has 1 aliphatic rings. The summed E-state index contributed by atoms with van der Waals surface area (Å²) in [5, 5.41) is 14.6. The average molecular weight is 229 g/mol. The van der Waals surface area contributed by atoms with E-state index in [1.165, 1.54) is 0 Å². The highest BCUT2D eigenvalue weighted by molar-refractivity contribution is 5.95. The Hall–Kier alpha value is -1.86. The summed E-state index contributed by atoms with van der Waals surface area (Å²) in [6.45, 7) is 0.916. The lowest BCUT2D eigenvalue weighted by Crippen LogP contribution is -2.35. The third-order valence-corrected chi connectivity index (χ3v) is 2.88. The Balaban J connectivity index is 1.94. The van der Waals surface area contributed by atoms with Crippen LogP contribution < -0.4 is 10.6 Å². The second-order valence-corrected chi connectivity index (χ2v) is 4.17. The van der Waals surface area contributed by atoms with Crippen molar-refractivity contribution in [2.24, 2.45) is 0 Å². The highest BCUT2D eigenvalue weighted by Gasteiger charge is 2.21. The van der Waals surface area contributed by atoms with Gasteiger partial charge >= 0.3 is 0 Å². The number of nitriles is 1. The van der Waals surface area contributed by atoms with E-state index >= 15 is 0 Å². The molecule has 0 aromatic heterocycles. The van der Waals surface area contributed by atoms with Crippen LogP contribution in [0.5, 0.6) is 0 Å². The van der Waals surface area contributed by atoms with E-state index in [2.05, 4.69) is 16.7 Å². The minimum atomic E-state index is -0.0613. The molecule has 1 fully saturated rings.